The molecule has 0 aliphatic carbocycles. The molecule has 0 unspecified atom stereocenters. The van der Waals surface area contributed by atoms with Gasteiger partial charge >= 0.3 is 0 Å². The molecule has 0 saturated carbocycles. The molecule has 0 radical (unpaired) electrons. The molecule has 19 heavy (non-hydrogen) atoms. The van der Waals surface area contributed by atoms with E-state index >= 15 is 0 Å². The average molecular weight is 321 g/mol. The van der Waals surface area contributed by atoms with Crippen molar-refractivity contribution in [2.45, 2.75) is 12.5 Å². The first-order valence-electron chi connectivity index (χ1n) is 5.73. The minimum atomic E-state index is -0.630. The number of hydrogen-bond acceptors (Lipinski definition) is 4. The first kappa shape index (κ1) is 13.6. The van der Waals surface area contributed by atoms with E-state index in [4.69, 9.17) is 5.73 Å². The monoisotopic (exact) mass is 320 g/mol. The fraction of sp³-hybridized carbons (Fsp3) is 0.154. The van der Waals surface area contributed by atoms with Gasteiger partial charge in [-0.1, -0.05) is 30.3 Å². The molecule has 0 aliphatic heterocycles. The van der Waals surface area contributed by atoms with Crippen molar-refractivity contribution in [1.29, 1.82) is 0 Å². The Morgan fingerprint density at radius 2 is 1.89 bits per heavy atom. The zero-order valence-electron chi connectivity index (χ0n) is 10.1. The van der Waals surface area contributed by atoms with Crippen LogP contribution in [0, 0.1) is 0 Å². The van der Waals surface area contributed by atoms with Gasteiger partial charge in [0.1, 0.15) is 0 Å². The maximum absolute atomic E-state index is 11.9. The number of benzene rings is 1. The minimum absolute atomic E-state index is 0.247. The molecule has 2 aromatic rings. The van der Waals surface area contributed by atoms with E-state index < -0.39 is 6.04 Å². The molecule has 0 aliphatic rings. The van der Waals surface area contributed by atoms with Crippen LogP contribution in [0.2, 0.25) is 0 Å². The summed E-state index contributed by atoms with van der Waals surface area (Å²) in [4.78, 5) is 19.8. The highest BCUT2D eigenvalue weighted by atomic mass is 79.9. The van der Waals surface area contributed by atoms with E-state index in [1.54, 1.807) is 12.4 Å². The Balaban J connectivity index is 1.94. The fourth-order valence-corrected chi connectivity index (χ4v) is 1.75. The molecule has 0 fully saturated rings. The number of rotatable bonds is 4. The highest BCUT2D eigenvalue weighted by Crippen LogP contribution is 2.08. The molecule has 98 valence electrons. The number of nitrogens with two attached hydrogens (primary N) is 1. The highest BCUT2D eigenvalue weighted by Gasteiger charge is 2.15. The van der Waals surface area contributed by atoms with Gasteiger partial charge in [0.25, 0.3) is 0 Å². The van der Waals surface area contributed by atoms with Gasteiger partial charge in [0.15, 0.2) is 0 Å². The molecule has 1 amide bonds. The van der Waals surface area contributed by atoms with Crippen molar-refractivity contribution < 1.29 is 4.79 Å². The van der Waals surface area contributed by atoms with Crippen molar-refractivity contribution in [2.24, 2.45) is 5.73 Å². The molecule has 2 rings (SSSR count). The smallest absolute Gasteiger partial charge is 0.243 e. The maximum atomic E-state index is 11.9. The number of nitrogens with one attached hydrogen (secondary N) is 1. The molecule has 6 heteroatoms. The number of amides is 1. The summed E-state index contributed by atoms with van der Waals surface area (Å²) in [6.45, 7) is 0. The second kappa shape index (κ2) is 6.40. The quantitative estimate of drug-likeness (QED) is 0.899. The van der Waals surface area contributed by atoms with Crippen LogP contribution in [0.1, 0.15) is 5.56 Å². The van der Waals surface area contributed by atoms with Gasteiger partial charge in [-0.15, -0.1) is 0 Å². The second-order valence-electron chi connectivity index (χ2n) is 4.01. The summed E-state index contributed by atoms with van der Waals surface area (Å²) < 4.78 is 0.749. The fourth-order valence-electron chi connectivity index (χ4n) is 1.54. The standard InChI is InChI=1S/C13H13BrN4O/c14-10-7-16-13(17-8-10)18-12(19)11(15)6-9-4-2-1-3-5-9/h1-5,7-8,11H,6,15H2,(H,16,17,18,19)/t11-/m0/s1. The molecule has 1 heterocycles. The minimum Gasteiger partial charge on any atom is -0.320 e. The van der Waals surface area contributed by atoms with E-state index in [0.29, 0.717) is 6.42 Å². The second-order valence-corrected chi connectivity index (χ2v) is 4.93. The molecule has 1 aromatic carbocycles. The van der Waals surface area contributed by atoms with Crippen LogP contribution in [0.15, 0.2) is 47.2 Å². The Morgan fingerprint density at radius 3 is 2.53 bits per heavy atom. The summed E-state index contributed by atoms with van der Waals surface area (Å²) in [7, 11) is 0. The van der Waals surface area contributed by atoms with Gasteiger partial charge in [-0.2, -0.15) is 0 Å². The molecule has 0 spiro atoms. The third kappa shape index (κ3) is 4.11. The predicted molar refractivity (Wildman–Crippen MR) is 76.5 cm³/mol. The Morgan fingerprint density at radius 1 is 1.26 bits per heavy atom. The highest BCUT2D eigenvalue weighted by molar-refractivity contribution is 9.10. The van der Waals surface area contributed by atoms with Crippen molar-refractivity contribution in [3.05, 3.63) is 52.8 Å². The van der Waals surface area contributed by atoms with Crippen LogP contribution in [-0.2, 0) is 11.2 Å². The number of halogens is 1. The number of aromatic nitrogens is 2. The van der Waals surface area contributed by atoms with Gasteiger partial charge in [0.05, 0.1) is 10.5 Å². The van der Waals surface area contributed by atoms with Crippen LogP contribution >= 0.6 is 15.9 Å². The van der Waals surface area contributed by atoms with Gasteiger partial charge in [0, 0.05) is 12.4 Å². The van der Waals surface area contributed by atoms with Gasteiger partial charge in [0.2, 0.25) is 11.9 Å². The lowest BCUT2D eigenvalue weighted by molar-refractivity contribution is -0.117. The number of nitrogens with zero attached hydrogens (tertiary/aromatic N) is 2. The van der Waals surface area contributed by atoms with Crippen molar-refractivity contribution in [1.82, 2.24) is 9.97 Å². The van der Waals surface area contributed by atoms with Crippen LogP contribution in [0.5, 0.6) is 0 Å². The molecular formula is C13H13BrN4O. The summed E-state index contributed by atoms with van der Waals surface area (Å²) in [5.41, 5.74) is 6.87. The van der Waals surface area contributed by atoms with E-state index in [-0.39, 0.29) is 11.9 Å². The van der Waals surface area contributed by atoms with Crippen LogP contribution < -0.4 is 11.1 Å². The summed E-state index contributed by atoms with van der Waals surface area (Å²) in [6, 6.07) is 8.99. The Bertz CT molecular complexity index is 544. The number of hydrogen-bond donors (Lipinski definition) is 2. The van der Waals surface area contributed by atoms with Crippen LogP contribution in [0.4, 0.5) is 5.95 Å². The van der Waals surface area contributed by atoms with Crippen molar-refractivity contribution in [2.75, 3.05) is 5.32 Å². The first-order chi connectivity index (χ1) is 9.15. The van der Waals surface area contributed by atoms with Gasteiger partial charge < -0.3 is 5.73 Å². The Labute approximate surface area is 119 Å². The topological polar surface area (TPSA) is 80.9 Å². The maximum Gasteiger partial charge on any atom is 0.243 e. The molecule has 0 bridgehead atoms. The Hall–Kier alpha value is -1.79. The molecule has 0 saturated heterocycles. The third-order valence-electron chi connectivity index (χ3n) is 2.49. The molecule has 1 aromatic heterocycles. The lowest BCUT2D eigenvalue weighted by Gasteiger charge is -2.11. The largest absolute Gasteiger partial charge is 0.320 e. The van der Waals surface area contributed by atoms with Crippen LogP contribution in [0.3, 0.4) is 0 Å². The average Bonchev–Trinajstić information content (AvgIpc) is 2.42. The van der Waals surface area contributed by atoms with Crippen LogP contribution in [0.25, 0.3) is 0 Å². The van der Waals surface area contributed by atoms with Crippen molar-refractivity contribution in [3.8, 4) is 0 Å². The van der Waals surface area contributed by atoms with Gasteiger partial charge in [-0.05, 0) is 27.9 Å². The molecule has 5 nitrogen and oxygen atoms in total. The first-order valence-corrected chi connectivity index (χ1v) is 6.52. The molecule has 1 atom stereocenters. The van der Waals surface area contributed by atoms with E-state index in [1.165, 1.54) is 0 Å². The SMILES string of the molecule is N[C@@H](Cc1ccccc1)C(=O)Nc1ncc(Br)cn1. The van der Waals surface area contributed by atoms with E-state index in [2.05, 4.69) is 31.2 Å². The van der Waals surface area contributed by atoms with Crippen molar-refractivity contribution >= 4 is 27.8 Å². The van der Waals surface area contributed by atoms with E-state index in [1.807, 2.05) is 30.3 Å². The summed E-state index contributed by atoms with van der Waals surface area (Å²) in [6.07, 6.45) is 3.60. The van der Waals surface area contributed by atoms with Gasteiger partial charge in [-0.3, -0.25) is 10.1 Å². The third-order valence-corrected chi connectivity index (χ3v) is 2.90. The lowest BCUT2D eigenvalue weighted by Crippen LogP contribution is -2.37. The van der Waals surface area contributed by atoms with Crippen LogP contribution in [-0.4, -0.2) is 21.9 Å². The molecule has 3 N–H and O–H groups in total. The summed E-state index contributed by atoms with van der Waals surface area (Å²) >= 11 is 3.22. The summed E-state index contributed by atoms with van der Waals surface area (Å²) in [5, 5.41) is 2.58. The predicted octanol–water partition coefficient (Wildman–Crippen LogP) is 1.75. The van der Waals surface area contributed by atoms with Gasteiger partial charge in [-0.25, -0.2) is 9.97 Å². The van der Waals surface area contributed by atoms with Crippen molar-refractivity contribution in [3.63, 3.8) is 0 Å². The zero-order chi connectivity index (χ0) is 13.7. The Kier molecular flexibility index (Phi) is 4.59. The zero-order valence-corrected chi connectivity index (χ0v) is 11.7. The number of carbonyl (C=O) groups is 1. The number of anilines is 1. The molecular weight excluding hydrogens is 308 g/mol. The number of carbonyl (C=O) groups excluding carboxylic acids is 1. The summed E-state index contributed by atoms with van der Waals surface area (Å²) in [5.74, 6) is -0.0529. The lowest BCUT2D eigenvalue weighted by atomic mass is 10.1. The van der Waals surface area contributed by atoms with E-state index in [9.17, 15) is 4.79 Å². The van der Waals surface area contributed by atoms with E-state index in [0.717, 1.165) is 10.0 Å². The normalized spacial score (nSPS) is 11.9.